The molecule has 0 spiro atoms. The molecule has 0 saturated heterocycles. The standard InChI is InChI=1S/C25H24N4O2/c1-19-16-29(25(26)28-19)27-15-22-14-23(30-17-20-8-4-2-5-9-20)12-13-24(22)31-18-21-10-6-3-7-11-21/h2-16H,17-18H2,1H3,(H2,26,28). The Bertz CT molecular complexity index is 1150. The van der Waals surface area contributed by atoms with Crippen LogP contribution in [-0.4, -0.2) is 15.9 Å². The van der Waals surface area contributed by atoms with Crippen LogP contribution in [0.15, 0.2) is 90.2 Å². The first-order valence-electron chi connectivity index (χ1n) is 10.0. The first-order valence-corrected chi connectivity index (χ1v) is 10.0. The summed E-state index contributed by atoms with van der Waals surface area (Å²) >= 11 is 0. The zero-order chi connectivity index (χ0) is 21.5. The highest BCUT2D eigenvalue weighted by molar-refractivity contribution is 5.84. The molecule has 0 aliphatic rings. The molecule has 31 heavy (non-hydrogen) atoms. The van der Waals surface area contributed by atoms with Crippen LogP contribution in [0.1, 0.15) is 22.4 Å². The number of anilines is 1. The van der Waals surface area contributed by atoms with E-state index >= 15 is 0 Å². The highest BCUT2D eigenvalue weighted by atomic mass is 16.5. The van der Waals surface area contributed by atoms with Gasteiger partial charge in [0.05, 0.1) is 18.1 Å². The van der Waals surface area contributed by atoms with Gasteiger partial charge in [0.15, 0.2) is 0 Å². The van der Waals surface area contributed by atoms with Gasteiger partial charge < -0.3 is 15.2 Å². The predicted molar refractivity (Wildman–Crippen MR) is 122 cm³/mol. The SMILES string of the molecule is Cc1cn(N=Cc2cc(OCc3ccccc3)ccc2OCc2ccccc2)c(N)n1. The van der Waals surface area contributed by atoms with Crippen LogP contribution < -0.4 is 15.2 Å². The minimum absolute atomic E-state index is 0.331. The van der Waals surface area contributed by atoms with Gasteiger partial charge in [-0.25, -0.2) is 9.66 Å². The maximum Gasteiger partial charge on any atom is 0.221 e. The second-order valence-corrected chi connectivity index (χ2v) is 7.08. The van der Waals surface area contributed by atoms with Crippen LogP contribution in [0.2, 0.25) is 0 Å². The molecule has 156 valence electrons. The quantitative estimate of drug-likeness (QED) is 0.421. The molecule has 4 aromatic rings. The summed E-state index contributed by atoms with van der Waals surface area (Å²) in [4.78, 5) is 4.17. The van der Waals surface area contributed by atoms with Crippen LogP contribution >= 0.6 is 0 Å². The lowest BCUT2D eigenvalue weighted by atomic mass is 10.2. The number of hydrogen-bond donors (Lipinski definition) is 1. The Hall–Kier alpha value is -4.06. The number of aryl methyl sites for hydroxylation is 1. The number of rotatable bonds is 8. The molecule has 1 heterocycles. The molecular weight excluding hydrogens is 388 g/mol. The molecule has 0 aliphatic heterocycles. The van der Waals surface area contributed by atoms with Crippen LogP contribution in [0.4, 0.5) is 5.95 Å². The molecule has 0 bridgehead atoms. The monoisotopic (exact) mass is 412 g/mol. The Kier molecular flexibility index (Phi) is 6.28. The van der Waals surface area contributed by atoms with Crippen molar-refractivity contribution in [1.82, 2.24) is 9.66 Å². The first-order chi connectivity index (χ1) is 15.2. The minimum Gasteiger partial charge on any atom is -0.489 e. The summed E-state index contributed by atoms with van der Waals surface area (Å²) in [6.07, 6.45) is 3.47. The average molecular weight is 412 g/mol. The summed E-state index contributed by atoms with van der Waals surface area (Å²) in [5.41, 5.74) is 9.68. The van der Waals surface area contributed by atoms with Crippen molar-refractivity contribution >= 4 is 12.2 Å². The largest absolute Gasteiger partial charge is 0.489 e. The van der Waals surface area contributed by atoms with Gasteiger partial charge in [-0.3, -0.25) is 0 Å². The average Bonchev–Trinajstić information content (AvgIpc) is 3.13. The molecule has 2 N–H and O–H groups in total. The maximum atomic E-state index is 6.06. The van der Waals surface area contributed by atoms with Crippen molar-refractivity contribution in [1.29, 1.82) is 0 Å². The van der Waals surface area contributed by atoms with E-state index in [0.717, 1.165) is 28.1 Å². The van der Waals surface area contributed by atoms with E-state index in [9.17, 15) is 0 Å². The Morgan fingerprint density at radius 3 is 2.16 bits per heavy atom. The van der Waals surface area contributed by atoms with Gasteiger partial charge >= 0.3 is 0 Å². The topological polar surface area (TPSA) is 74.7 Å². The van der Waals surface area contributed by atoms with Crippen LogP contribution in [0.25, 0.3) is 0 Å². The fourth-order valence-electron chi connectivity index (χ4n) is 3.05. The summed E-state index contributed by atoms with van der Waals surface area (Å²) in [7, 11) is 0. The van der Waals surface area contributed by atoms with E-state index in [1.54, 1.807) is 12.4 Å². The Morgan fingerprint density at radius 2 is 1.55 bits per heavy atom. The van der Waals surface area contributed by atoms with Crippen LogP contribution in [-0.2, 0) is 13.2 Å². The van der Waals surface area contributed by atoms with Crippen LogP contribution in [0.5, 0.6) is 11.5 Å². The summed E-state index contributed by atoms with van der Waals surface area (Å²) in [5.74, 6) is 1.76. The normalized spacial score (nSPS) is 11.0. The number of hydrogen-bond acceptors (Lipinski definition) is 5. The second kappa shape index (κ2) is 9.63. The number of ether oxygens (including phenoxy) is 2. The van der Waals surface area contributed by atoms with E-state index in [1.807, 2.05) is 85.8 Å². The van der Waals surface area contributed by atoms with Crippen molar-refractivity contribution in [3.8, 4) is 11.5 Å². The van der Waals surface area contributed by atoms with Crippen molar-refractivity contribution in [2.24, 2.45) is 5.10 Å². The molecular formula is C25H24N4O2. The van der Waals surface area contributed by atoms with Crippen molar-refractivity contribution < 1.29 is 9.47 Å². The highest BCUT2D eigenvalue weighted by Crippen LogP contribution is 2.25. The Balaban J connectivity index is 1.56. The molecule has 4 rings (SSSR count). The first kappa shape index (κ1) is 20.2. The van der Waals surface area contributed by atoms with Gasteiger partial charge in [0.25, 0.3) is 0 Å². The summed E-state index contributed by atoms with van der Waals surface area (Å²) < 4.78 is 13.6. The number of nitrogens with zero attached hydrogens (tertiary/aromatic N) is 3. The molecule has 6 heteroatoms. The number of nitrogen functional groups attached to an aromatic ring is 1. The molecule has 0 fully saturated rings. The van der Waals surface area contributed by atoms with Crippen molar-refractivity contribution in [2.75, 3.05) is 5.73 Å². The molecule has 0 aliphatic carbocycles. The van der Waals surface area contributed by atoms with Gasteiger partial charge in [-0.15, -0.1) is 0 Å². The summed E-state index contributed by atoms with van der Waals surface area (Å²) in [5, 5.41) is 4.44. The van der Waals surface area contributed by atoms with Gasteiger partial charge in [0.2, 0.25) is 5.95 Å². The molecule has 1 aromatic heterocycles. The smallest absolute Gasteiger partial charge is 0.221 e. The third kappa shape index (κ3) is 5.51. The molecule has 0 atom stereocenters. The second-order valence-electron chi connectivity index (χ2n) is 7.08. The maximum absolute atomic E-state index is 6.06. The number of aromatic nitrogens is 2. The Labute approximate surface area is 181 Å². The lowest BCUT2D eigenvalue weighted by molar-refractivity contribution is 0.297. The minimum atomic E-state index is 0.331. The van der Waals surface area contributed by atoms with E-state index in [2.05, 4.69) is 10.1 Å². The van der Waals surface area contributed by atoms with E-state index in [-0.39, 0.29) is 0 Å². The Morgan fingerprint density at radius 1 is 0.903 bits per heavy atom. The van der Waals surface area contributed by atoms with Crippen molar-refractivity contribution in [3.05, 3.63) is 107 Å². The third-order valence-corrected chi connectivity index (χ3v) is 4.62. The van der Waals surface area contributed by atoms with E-state index < -0.39 is 0 Å². The number of imidazole rings is 1. The molecule has 0 radical (unpaired) electrons. The van der Waals surface area contributed by atoms with Gasteiger partial charge in [-0.1, -0.05) is 60.7 Å². The van der Waals surface area contributed by atoms with Gasteiger partial charge in [0, 0.05) is 5.56 Å². The van der Waals surface area contributed by atoms with Crippen LogP contribution in [0.3, 0.4) is 0 Å². The van der Waals surface area contributed by atoms with Gasteiger partial charge in [-0.05, 0) is 36.2 Å². The predicted octanol–water partition coefficient (Wildman–Crippen LogP) is 4.81. The molecule has 6 nitrogen and oxygen atoms in total. The fraction of sp³-hybridized carbons (Fsp3) is 0.120. The summed E-state index contributed by atoms with van der Waals surface area (Å²) in [6.45, 7) is 2.81. The van der Waals surface area contributed by atoms with E-state index in [4.69, 9.17) is 15.2 Å². The third-order valence-electron chi connectivity index (χ3n) is 4.62. The van der Waals surface area contributed by atoms with E-state index in [1.165, 1.54) is 4.68 Å². The molecule has 0 unspecified atom stereocenters. The fourth-order valence-corrected chi connectivity index (χ4v) is 3.05. The van der Waals surface area contributed by atoms with Gasteiger partial charge in [-0.2, -0.15) is 5.10 Å². The van der Waals surface area contributed by atoms with Crippen molar-refractivity contribution in [3.63, 3.8) is 0 Å². The van der Waals surface area contributed by atoms with Gasteiger partial charge in [0.1, 0.15) is 24.7 Å². The van der Waals surface area contributed by atoms with E-state index in [0.29, 0.717) is 24.9 Å². The molecule has 0 amide bonds. The highest BCUT2D eigenvalue weighted by Gasteiger charge is 2.07. The van der Waals surface area contributed by atoms with Crippen LogP contribution in [0, 0.1) is 6.92 Å². The zero-order valence-corrected chi connectivity index (χ0v) is 17.3. The molecule has 0 saturated carbocycles. The molecule has 3 aromatic carbocycles. The summed E-state index contributed by atoms with van der Waals surface area (Å²) in [6, 6.07) is 25.8. The number of nitrogens with two attached hydrogens (primary N) is 1. The van der Waals surface area contributed by atoms with Crippen molar-refractivity contribution in [2.45, 2.75) is 20.1 Å². The number of benzene rings is 3. The lowest BCUT2D eigenvalue weighted by Crippen LogP contribution is -2.02. The zero-order valence-electron chi connectivity index (χ0n) is 17.3. The lowest BCUT2D eigenvalue weighted by Gasteiger charge is -2.12.